The summed E-state index contributed by atoms with van der Waals surface area (Å²) in [7, 11) is 0. The highest BCUT2D eigenvalue weighted by Gasteiger charge is 2.10. The summed E-state index contributed by atoms with van der Waals surface area (Å²) < 4.78 is 1.64. The van der Waals surface area contributed by atoms with Gasteiger partial charge in [0, 0.05) is 5.39 Å². The van der Waals surface area contributed by atoms with Crippen LogP contribution < -0.4 is 5.73 Å². The Kier molecular flexibility index (Phi) is 2.19. The molecule has 0 aliphatic rings. The second-order valence-corrected chi connectivity index (χ2v) is 3.88. The molecule has 3 rings (SSSR count). The van der Waals surface area contributed by atoms with Crippen LogP contribution in [0.15, 0.2) is 30.3 Å². The minimum Gasteiger partial charge on any atom is -0.394 e. The van der Waals surface area contributed by atoms with Gasteiger partial charge in [-0.15, -0.1) is 0 Å². The summed E-state index contributed by atoms with van der Waals surface area (Å²) in [5.41, 5.74) is 7.46. The molecule has 17 heavy (non-hydrogen) atoms. The number of anilines is 1. The van der Waals surface area contributed by atoms with E-state index in [1.165, 1.54) is 0 Å². The number of hydrogen-bond donors (Lipinski definition) is 2. The van der Waals surface area contributed by atoms with Crippen LogP contribution >= 0.6 is 0 Å². The van der Waals surface area contributed by atoms with Gasteiger partial charge in [0.1, 0.15) is 0 Å². The summed E-state index contributed by atoms with van der Waals surface area (Å²) in [6, 6.07) is 9.82. The van der Waals surface area contributed by atoms with Gasteiger partial charge in [0.15, 0.2) is 11.5 Å². The molecule has 0 saturated carbocycles. The molecule has 2 heterocycles. The zero-order valence-electron chi connectivity index (χ0n) is 9.17. The van der Waals surface area contributed by atoms with Crippen molar-refractivity contribution in [2.75, 3.05) is 12.3 Å². The maximum absolute atomic E-state index is 8.97. The number of aromatic nitrogens is 3. The number of aliphatic hydroxyl groups excluding tert-OH is 1. The van der Waals surface area contributed by atoms with Crippen LogP contribution in [0.25, 0.3) is 21.9 Å². The molecule has 2 aromatic heterocycles. The van der Waals surface area contributed by atoms with E-state index < -0.39 is 0 Å². The van der Waals surface area contributed by atoms with Crippen LogP contribution in [-0.4, -0.2) is 26.5 Å². The summed E-state index contributed by atoms with van der Waals surface area (Å²) >= 11 is 0. The molecule has 0 atom stereocenters. The largest absolute Gasteiger partial charge is 0.394 e. The van der Waals surface area contributed by atoms with Crippen molar-refractivity contribution in [1.29, 1.82) is 0 Å². The second kappa shape index (κ2) is 3.71. The third-order valence-electron chi connectivity index (χ3n) is 2.76. The molecular weight excluding hydrogens is 216 g/mol. The van der Waals surface area contributed by atoms with Crippen LogP contribution in [0.5, 0.6) is 0 Å². The Balaban J connectivity index is 2.37. The Morgan fingerprint density at radius 2 is 2.12 bits per heavy atom. The molecule has 0 radical (unpaired) electrons. The molecule has 0 fully saturated rings. The first-order valence-corrected chi connectivity index (χ1v) is 5.42. The van der Waals surface area contributed by atoms with E-state index in [4.69, 9.17) is 10.8 Å². The van der Waals surface area contributed by atoms with E-state index in [1.807, 2.05) is 30.3 Å². The normalized spacial score (nSPS) is 11.4. The van der Waals surface area contributed by atoms with Crippen molar-refractivity contribution in [1.82, 2.24) is 14.8 Å². The molecule has 0 unspecified atom stereocenters. The number of nitrogen functional groups attached to an aromatic ring is 1. The van der Waals surface area contributed by atoms with E-state index in [1.54, 1.807) is 4.68 Å². The molecule has 0 aliphatic carbocycles. The number of benzene rings is 1. The SMILES string of the molecule is Nc1nn(CCO)c2nc3ccccc3cc12. The number of pyridine rings is 1. The van der Waals surface area contributed by atoms with E-state index in [0.29, 0.717) is 12.4 Å². The van der Waals surface area contributed by atoms with Crippen LogP contribution in [0.1, 0.15) is 0 Å². The smallest absolute Gasteiger partial charge is 0.160 e. The van der Waals surface area contributed by atoms with Crippen molar-refractivity contribution in [3.63, 3.8) is 0 Å². The van der Waals surface area contributed by atoms with Crippen molar-refractivity contribution in [2.24, 2.45) is 0 Å². The number of nitrogens with zero attached hydrogens (tertiary/aromatic N) is 3. The molecule has 86 valence electrons. The number of fused-ring (bicyclic) bond motifs is 2. The van der Waals surface area contributed by atoms with Gasteiger partial charge in [-0.05, 0) is 12.1 Å². The molecule has 0 aliphatic heterocycles. The molecule has 0 saturated heterocycles. The third-order valence-corrected chi connectivity index (χ3v) is 2.76. The Labute approximate surface area is 97.5 Å². The van der Waals surface area contributed by atoms with Gasteiger partial charge < -0.3 is 10.8 Å². The second-order valence-electron chi connectivity index (χ2n) is 3.88. The molecule has 5 nitrogen and oxygen atoms in total. The minimum absolute atomic E-state index is 0.0186. The monoisotopic (exact) mass is 228 g/mol. The Morgan fingerprint density at radius 3 is 2.94 bits per heavy atom. The molecular formula is C12H12N4O. The average Bonchev–Trinajstić information content (AvgIpc) is 2.64. The van der Waals surface area contributed by atoms with E-state index in [9.17, 15) is 0 Å². The lowest BCUT2D eigenvalue weighted by Gasteiger charge is -2.00. The molecule has 0 bridgehead atoms. The summed E-state index contributed by atoms with van der Waals surface area (Å²) in [6.07, 6.45) is 0. The Bertz CT molecular complexity index is 689. The van der Waals surface area contributed by atoms with Gasteiger partial charge in [0.05, 0.1) is 24.1 Å². The molecule has 3 aromatic rings. The average molecular weight is 228 g/mol. The van der Waals surface area contributed by atoms with Crippen LogP contribution in [-0.2, 0) is 6.54 Å². The highest BCUT2D eigenvalue weighted by Crippen LogP contribution is 2.23. The number of nitrogens with two attached hydrogens (primary N) is 1. The van der Waals surface area contributed by atoms with E-state index >= 15 is 0 Å². The first-order valence-electron chi connectivity index (χ1n) is 5.42. The Morgan fingerprint density at radius 1 is 1.29 bits per heavy atom. The quantitative estimate of drug-likeness (QED) is 0.690. The van der Waals surface area contributed by atoms with Gasteiger partial charge in [-0.2, -0.15) is 5.10 Å². The highest BCUT2D eigenvalue weighted by molar-refractivity contribution is 5.96. The minimum atomic E-state index is 0.0186. The molecule has 1 aromatic carbocycles. The summed E-state index contributed by atoms with van der Waals surface area (Å²) in [5, 5.41) is 15.0. The number of rotatable bonds is 2. The van der Waals surface area contributed by atoms with Crippen LogP contribution in [0, 0.1) is 0 Å². The zero-order chi connectivity index (χ0) is 11.8. The van der Waals surface area contributed by atoms with Crippen molar-refractivity contribution >= 4 is 27.8 Å². The lowest BCUT2D eigenvalue weighted by Crippen LogP contribution is -2.05. The Hall–Kier alpha value is -2.14. The van der Waals surface area contributed by atoms with Gasteiger partial charge >= 0.3 is 0 Å². The number of aliphatic hydroxyl groups is 1. The molecule has 0 amide bonds. The van der Waals surface area contributed by atoms with E-state index in [-0.39, 0.29) is 6.61 Å². The maximum atomic E-state index is 8.97. The summed E-state index contributed by atoms with van der Waals surface area (Å²) in [6.45, 7) is 0.420. The maximum Gasteiger partial charge on any atom is 0.160 e. The predicted octanol–water partition coefficient (Wildman–Crippen LogP) is 1.16. The lowest BCUT2D eigenvalue weighted by molar-refractivity contribution is 0.271. The lowest BCUT2D eigenvalue weighted by atomic mass is 10.2. The first kappa shape index (κ1) is 10.0. The number of hydrogen-bond acceptors (Lipinski definition) is 4. The van der Waals surface area contributed by atoms with Crippen molar-refractivity contribution in [3.05, 3.63) is 30.3 Å². The molecule has 5 heteroatoms. The fourth-order valence-electron chi connectivity index (χ4n) is 1.97. The van der Waals surface area contributed by atoms with Gasteiger partial charge in [0.2, 0.25) is 0 Å². The van der Waals surface area contributed by atoms with Crippen molar-refractivity contribution in [2.45, 2.75) is 6.54 Å². The van der Waals surface area contributed by atoms with Crippen LogP contribution in [0.3, 0.4) is 0 Å². The predicted molar refractivity (Wildman–Crippen MR) is 66.5 cm³/mol. The van der Waals surface area contributed by atoms with Crippen LogP contribution in [0.2, 0.25) is 0 Å². The van der Waals surface area contributed by atoms with Crippen molar-refractivity contribution < 1.29 is 5.11 Å². The highest BCUT2D eigenvalue weighted by atomic mass is 16.3. The fourth-order valence-corrected chi connectivity index (χ4v) is 1.97. The van der Waals surface area contributed by atoms with E-state index in [2.05, 4.69) is 10.1 Å². The van der Waals surface area contributed by atoms with E-state index in [0.717, 1.165) is 21.9 Å². The molecule has 3 N–H and O–H groups in total. The standard InChI is InChI=1S/C12H12N4O/c13-11-9-7-8-3-1-2-4-10(8)14-12(9)16(15-11)5-6-17/h1-4,7,17H,5-6H2,(H2,13,15). The number of para-hydroxylation sites is 1. The van der Waals surface area contributed by atoms with Gasteiger partial charge in [-0.3, -0.25) is 0 Å². The van der Waals surface area contributed by atoms with Crippen LogP contribution in [0.4, 0.5) is 5.82 Å². The van der Waals surface area contributed by atoms with Gasteiger partial charge in [-0.25, -0.2) is 9.67 Å². The fraction of sp³-hybridized carbons (Fsp3) is 0.167. The van der Waals surface area contributed by atoms with Gasteiger partial charge in [-0.1, -0.05) is 18.2 Å². The first-order chi connectivity index (χ1) is 8.29. The summed E-state index contributed by atoms with van der Waals surface area (Å²) in [5.74, 6) is 0.451. The zero-order valence-corrected chi connectivity index (χ0v) is 9.17. The van der Waals surface area contributed by atoms with Gasteiger partial charge in [0.25, 0.3) is 0 Å². The third kappa shape index (κ3) is 1.52. The van der Waals surface area contributed by atoms with Crippen molar-refractivity contribution in [3.8, 4) is 0 Å². The molecule has 0 spiro atoms. The summed E-state index contributed by atoms with van der Waals surface area (Å²) in [4.78, 5) is 4.53. The topological polar surface area (TPSA) is 77.0 Å².